The number of halogens is 1. The van der Waals surface area contributed by atoms with E-state index in [-0.39, 0.29) is 5.56 Å². The summed E-state index contributed by atoms with van der Waals surface area (Å²) in [6.45, 7) is 0. The summed E-state index contributed by atoms with van der Waals surface area (Å²) in [6.07, 6.45) is 1.37. The summed E-state index contributed by atoms with van der Waals surface area (Å²) in [5.41, 5.74) is 5.91. The number of aromatic nitrogens is 2. The van der Waals surface area contributed by atoms with Crippen LogP contribution in [0.2, 0.25) is 0 Å². The van der Waals surface area contributed by atoms with Crippen LogP contribution >= 0.6 is 27.3 Å². The zero-order valence-corrected chi connectivity index (χ0v) is 8.20. The van der Waals surface area contributed by atoms with Gasteiger partial charge in [0.15, 0.2) is 0 Å². The molecule has 2 aromatic heterocycles. The van der Waals surface area contributed by atoms with Gasteiger partial charge in [0.05, 0.1) is 15.8 Å². The first-order valence-corrected chi connectivity index (χ1v) is 4.72. The van der Waals surface area contributed by atoms with Crippen LogP contribution in [-0.2, 0) is 0 Å². The quantitative estimate of drug-likeness (QED) is 0.736. The normalized spacial score (nSPS) is 10.8. The van der Waals surface area contributed by atoms with Crippen LogP contribution in [-0.4, -0.2) is 9.97 Å². The second-order valence-corrected chi connectivity index (χ2v) is 4.52. The molecule has 2 heterocycles. The molecule has 0 fully saturated rings. The topological polar surface area (TPSA) is 71.8 Å². The van der Waals surface area contributed by atoms with Gasteiger partial charge in [-0.05, 0) is 15.9 Å². The first kappa shape index (κ1) is 7.75. The zero-order chi connectivity index (χ0) is 8.72. The summed E-state index contributed by atoms with van der Waals surface area (Å²) in [4.78, 5) is 18.3. The second kappa shape index (κ2) is 2.56. The third-order valence-corrected chi connectivity index (χ3v) is 3.30. The van der Waals surface area contributed by atoms with Gasteiger partial charge in [-0.3, -0.25) is 4.79 Å². The van der Waals surface area contributed by atoms with Crippen molar-refractivity contribution in [2.75, 3.05) is 5.73 Å². The largest absolute Gasteiger partial charge is 0.396 e. The van der Waals surface area contributed by atoms with Gasteiger partial charge in [-0.25, -0.2) is 4.98 Å². The molecule has 4 nitrogen and oxygen atoms in total. The minimum atomic E-state index is -0.195. The molecule has 0 amide bonds. The van der Waals surface area contributed by atoms with Crippen molar-refractivity contribution in [2.24, 2.45) is 0 Å². The van der Waals surface area contributed by atoms with Crippen LogP contribution in [0.3, 0.4) is 0 Å². The Balaban J connectivity index is 3.07. The Kier molecular flexibility index (Phi) is 1.66. The monoisotopic (exact) mass is 245 g/mol. The number of nitrogen functional groups attached to an aromatic ring is 1. The standard InChI is InChI=1S/C6H4BrN3OS/c7-4-3(8)2-5(11)9-1-10-6(2)12-4/h1H,8H2,(H,9,10,11). The molecule has 0 aliphatic carbocycles. The Morgan fingerprint density at radius 3 is 3.08 bits per heavy atom. The fourth-order valence-electron chi connectivity index (χ4n) is 0.936. The number of rotatable bonds is 0. The summed E-state index contributed by atoms with van der Waals surface area (Å²) in [6, 6.07) is 0. The number of nitrogens with two attached hydrogens (primary N) is 1. The van der Waals surface area contributed by atoms with Crippen LogP contribution < -0.4 is 11.3 Å². The van der Waals surface area contributed by atoms with Crippen LogP contribution in [0.15, 0.2) is 14.9 Å². The number of hydrogen-bond donors (Lipinski definition) is 2. The van der Waals surface area contributed by atoms with Gasteiger partial charge in [-0.1, -0.05) is 0 Å². The molecule has 0 aromatic carbocycles. The van der Waals surface area contributed by atoms with Gasteiger partial charge < -0.3 is 10.7 Å². The molecule has 2 rings (SSSR count). The van der Waals surface area contributed by atoms with Crippen LogP contribution in [0.5, 0.6) is 0 Å². The highest BCUT2D eigenvalue weighted by molar-refractivity contribution is 9.11. The Bertz CT molecular complexity index is 489. The molecular weight excluding hydrogens is 242 g/mol. The smallest absolute Gasteiger partial charge is 0.261 e. The van der Waals surface area contributed by atoms with Crippen molar-refractivity contribution in [2.45, 2.75) is 0 Å². The summed E-state index contributed by atoms with van der Waals surface area (Å²) >= 11 is 4.60. The summed E-state index contributed by atoms with van der Waals surface area (Å²) in [5, 5.41) is 0.467. The van der Waals surface area contributed by atoms with Crippen LogP contribution in [0.4, 0.5) is 5.69 Å². The van der Waals surface area contributed by atoms with Crippen molar-refractivity contribution in [1.29, 1.82) is 0 Å². The fourth-order valence-corrected chi connectivity index (χ4v) is 2.39. The van der Waals surface area contributed by atoms with Gasteiger partial charge in [0.2, 0.25) is 0 Å². The van der Waals surface area contributed by atoms with Crippen molar-refractivity contribution in [3.05, 3.63) is 20.5 Å². The van der Waals surface area contributed by atoms with E-state index in [2.05, 4.69) is 25.9 Å². The molecule has 3 N–H and O–H groups in total. The van der Waals surface area contributed by atoms with E-state index in [0.29, 0.717) is 15.9 Å². The van der Waals surface area contributed by atoms with Crippen molar-refractivity contribution >= 4 is 43.2 Å². The number of anilines is 1. The van der Waals surface area contributed by atoms with Crippen LogP contribution in [0.25, 0.3) is 10.2 Å². The summed E-state index contributed by atoms with van der Waals surface area (Å²) < 4.78 is 0.752. The van der Waals surface area contributed by atoms with Crippen molar-refractivity contribution in [1.82, 2.24) is 9.97 Å². The molecule has 0 saturated heterocycles. The number of aromatic amines is 1. The second-order valence-electron chi connectivity index (χ2n) is 2.20. The average Bonchev–Trinajstić information content (AvgIpc) is 2.29. The highest BCUT2D eigenvalue weighted by Crippen LogP contribution is 2.33. The molecule has 0 aliphatic rings. The van der Waals surface area contributed by atoms with E-state index in [1.54, 1.807) is 0 Å². The van der Waals surface area contributed by atoms with Gasteiger partial charge >= 0.3 is 0 Å². The third-order valence-electron chi connectivity index (χ3n) is 1.49. The van der Waals surface area contributed by atoms with E-state index >= 15 is 0 Å². The van der Waals surface area contributed by atoms with E-state index in [0.717, 1.165) is 3.79 Å². The molecule has 2 aromatic rings. The minimum Gasteiger partial charge on any atom is -0.396 e. The van der Waals surface area contributed by atoms with Crippen molar-refractivity contribution < 1.29 is 0 Å². The Hall–Kier alpha value is -0.880. The molecule has 62 valence electrons. The van der Waals surface area contributed by atoms with Gasteiger partial charge in [-0.15, -0.1) is 11.3 Å². The first-order chi connectivity index (χ1) is 5.70. The lowest BCUT2D eigenvalue weighted by molar-refractivity contribution is 1.18. The number of nitrogens with one attached hydrogen (secondary N) is 1. The molecule has 0 aliphatic heterocycles. The molecule has 0 atom stereocenters. The van der Waals surface area contributed by atoms with Crippen molar-refractivity contribution in [3.8, 4) is 0 Å². The van der Waals surface area contributed by atoms with Gasteiger partial charge in [0.1, 0.15) is 10.2 Å². The molecular formula is C6H4BrN3OS. The third kappa shape index (κ3) is 0.953. The molecule has 0 saturated carbocycles. The predicted octanol–water partition coefficient (Wildman–Crippen LogP) is 1.33. The van der Waals surface area contributed by atoms with E-state index in [9.17, 15) is 4.79 Å². The molecule has 0 radical (unpaired) electrons. The molecule has 12 heavy (non-hydrogen) atoms. The maximum atomic E-state index is 11.2. The summed E-state index contributed by atoms with van der Waals surface area (Å²) in [5.74, 6) is 0. The van der Waals surface area contributed by atoms with Gasteiger partial charge in [0.25, 0.3) is 5.56 Å². The van der Waals surface area contributed by atoms with E-state index in [4.69, 9.17) is 5.73 Å². The zero-order valence-electron chi connectivity index (χ0n) is 5.80. The maximum Gasteiger partial charge on any atom is 0.261 e. The maximum absolute atomic E-state index is 11.2. The average molecular weight is 246 g/mol. The van der Waals surface area contributed by atoms with E-state index in [1.807, 2.05) is 0 Å². The van der Waals surface area contributed by atoms with Gasteiger partial charge in [-0.2, -0.15) is 0 Å². The predicted molar refractivity (Wildman–Crippen MR) is 52.4 cm³/mol. The number of hydrogen-bond acceptors (Lipinski definition) is 4. The van der Waals surface area contributed by atoms with Crippen molar-refractivity contribution in [3.63, 3.8) is 0 Å². The molecule has 0 bridgehead atoms. The molecule has 6 heteroatoms. The number of thiophene rings is 1. The van der Waals surface area contributed by atoms with E-state index in [1.165, 1.54) is 17.7 Å². The minimum absolute atomic E-state index is 0.195. The fraction of sp³-hybridized carbons (Fsp3) is 0. The van der Waals surface area contributed by atoms with Gasteiger partial charge in [0, 0.05) is 0 Å². The lowest BCUT2D eigenvalue weighted by Crippen LogP contribution is -2.06. The number of fused-ring (bicyclic) bond motifs is 1. The lowest BCUT2D eigenvalue weighted by Gasteiger charge is -1.87. The number of H-pyrrole nitrogens is 1. The van der Waals surface area contributed by atoms with E-state index < -0.39 is 0 Å². The van der Waals surface area contributed by atoms with Crippen LogP contribution in [0, 0.1) is 0 Å². The SMILES string of the molecule is Nc1c(Br)sc2nc[nH]c(=O)c12. The van der Waals surface area contributed by atoms with Crippen LogP contribution in [0.1, 0.15) is 0 Å². The highest BCUT2D eigenvalue weighted by atomic mass is 79.9. The lowest BCUT2D eigenvalue weighted by atomic mass is 10.4. The molecule has 0 unspecified atom stereocenters. The number of nitrogens with zero attached hydrogens (tertiary/aromatic N) is 1. The highest BCUT2D eigenvalue weighted by Gasteiger charge is 2.10. The first-order valence-electron chi connectivity index (χ1n) is 3.11. The Morgan fingerprint density at radius 1 is 1.67 bits per heavy atom. The Labute approximate surface area is 79.6 Å². The molecule has 0 spiro atoms. The summed E-state index contributed by atoms with van der Waals surface area (Å²) in [7, 11) is 0. The Morgan fingerprint density at radius 2 is 2.42 bits per heavy atom.